The summed E-state index contributed by atoms with van der Waals surface area (Å²) in [6.07, 6.45) is 2.26. The molecule has 35 heavy (non-hydrogen) atoms. The van der Waals surface area contributed by atoms with Crippen LogP contribution in [0.5, 0.6) is 5.75 Å². The fourth-order valence-electron chi connectivity index (χ4n) is 4.21. The van der Waals surface area contributed by atoms with Crippen LogP contribution in [0.15, 0.2) is 140 Å². The van der Waals surface area contributed by atoms with E-state index in [4.69, 9.17) is 4.74 Å². The Hall–Kier alpha value is -4.56. The number of ether oxygens (including phenoxy) is 1. The first kappa shape index (κ1) is 22.2. The lowest BCUT2D eigenvalue weighted by Gasteiger charge is -2.25. The summed E-state index contributed by atoms with van der Waals surface area (Å²) in [5, 5.41) is 0. The van der Waals surface area contributed by atoms with Crippen molar-refractivity contribution in [2.45, 2.75) is 0 Å². The smallest absolute Gasteiger partial charge is 0.119 e. The van der Waals surface area contributed by atoms with Crippen LogP contribution in [-0.4, -0.2) is 7.11 Å². The van der Waals surface area contributed by atoms with Crippen LogP contribution in [0.2, 0.25) is 0 Å². The van der Waals surface area contributed by atoms with Gasteiger partial charge in [0.2, 0.25) is 0 Å². The van der Waals surface area contributed by atoms with Crippen molar-refractivity contribution in [2.24, 2.45) is 0 Å². The van der Waals surface area contributed by atoms with Crippen LogP contribution < -0.4 is 9.64 Å². The zero-order valence-corrected chi connectivity index (χ0v) is 19.7. The molecule has 5 rings (SSSR count). The number of nitrogens with zero attached hydrogens (tertiary/aromatic N) is 1. The van der Waals surface area contributed by atoms with Gasteiger partial charge in [-0.05, 0) is 76.9 Å². The molecule has 0 heterocycles. The highest BCUT2D eigenvalue weighted by Crippen LogP contribution is 2.35. The summed E-state index contributed by atoms with van der Waals surface area (Å²) in [7, 11) is 1.69. The standard InChI is InChI=1S/C33H27NO/c1-35-32-23-21-31(22-24-32)34(29-15-9-4-10-16-29)30-19-17-26(18-20-30)25-33(27-11-5-2-6-12-27)28-13-7-3-8-14-28/h2-25H,1H3. The lowest BCUT2D eigenvalue weighted by atomic mass is 9.95. The van der Waals surface area contributed by atoms with Crippen LogP contribution in [0.4, 0.5) is 17.1 Å². The Bertz CT molecular complexity index is 1330. The zero-order chi connectivity index (χ0) is 23.9. The van der Waals surface area contributed by atoms with Crippen LogP contribution >= 0.6 is 0 Å². The van der Waals surface area contributed by atoms with Crippen molar-refractivity contribution >= 4 is 28.7 Å². The van der Waals surface area contributed by atoms with E-state index in [1.807, 2.05) is 18.2 Å². The van der Waals surface area contributed by atoms with Gasteiger partial charge in [-0.3, -0.25) is 0 Å². The predicted molar refractivity (Wildman–Crippen MR) is 148 cm³/mol. The molecule has 0 N–H and O–H groups in total. The van der Waals surface area contributed by atoms with Gasteiger partial charge in [0, 0.05) is 17.1 Å². The maximum atomic E-state index is 5.36. The van der Waals surface area contributed by atoms with E-state index in [1.54, 1.807) is 7.11 Å². The van der Waals surface area contributed by atoms with Crippen molar-refractivity contribution in [1.29, 1.82) is 0 Å². The summed E-state index contributed by atoms with van der Waals surface area (Å²) >= 11 is 0. The zero-order valence-electron chi connectivity index (χ0n) is 19.7. The topological polar surface area (TPSA) is 12.5 Å². The highest BCUT2D eigenvalue weighted by atomic mass is 16.5. The van der Waals surface area contributed by atoms with Gasteiger partial charge in [-0.15, -0.1) is 0 Å². The molecule has 0 radical (unpaired) electrons. The van der Waals surface area contributed by atoms with Gasteiger partial charge in [-0.25, -0.2) is 0 Å². The number of hydrogen-bond donors (Lipinski definition) is 0. The molecule has 0 saturated carbocycles. The van der Waals surface area contributed by atoms with Gasteiger partial charge in [-0.2, -0.15) is 0 Å². The summed E-state index contributed by atoms with van der Waals surface area (Å²) in [5.41, 5.74) is 8.04. The number of methoxy groups -OCH3 is 1. The number of rotatable bonds is 7. The molecule has 2 heteroatoms. The van der Waals surface area contributed by atoms with Gasteiger partial charge in [-0.1, -0.05) is 91.0 Å². The van der Waals surface area contributed by atoms with E-state index in [0.29, 0.717) is 0 Å². The van der Waals surface area contributed by atoms with E-state index in [9.17, 15) is 0 Å². The first-order valence-electron chi connectivity index (χ1n) is 11.7. The Balaban J connectivity index is 1.53. The first-order valence-corrected chi connectivity index (χ1v) is 11.7. The molecule has 0 atom stereocenters. The van der Waals surface area contributed by atoms with E-state index in [1.165, 1.54) is 16.7 Å². The van der Waals surface area contributed by atoms with E-state index < -0.39 is 0 Å². The van der Waals surface area contributed by atoms with Crippen LogP contribution in [0, 0.1) is 0 Å². The molecular weight excluding hydrogens is 426 g/mol. The average Bonchev–Trinajstić information content (AvgIpc) is 2.94. The van der Waals surface area contributed by atoms with E-state index in [0.717, 1.165) is 28.4 Å². The number of benzene rings is 5. The molecule has 0 aliphatic carbocycles. The average molecular weight is 454 g/mol. The molecule has 0 spiro atoms. The number of hydrogen-bond acceptors (Lipinski definition) is 2. The predicted octanol–water partition coefficient (Wildman–Crippen LogP) is 8.75. The maximum absolute atomic E-state index is 5.36. The molecule has 0 aliphatic heterocycles. The van der Waals surface area contributed by atoms with Crippen molar-refractivity contribution in [3.05, 3.63) is 156 Å². The normalized spacial score (nSPS) is 10.4. The van der Waals surface area contributed by atoms with Gasteiger partial charge < -0.3 is 9.64 Å². The molecule has 5 aromatic carbocycles. The number of anilines is 3. The highest BCUT2D eigenvalue weighted by molar-refractivity contribution is 5.91. The lowest BCUT2D eigenvalue weighted by Crippen LogP contribution is -2.09. The molecule has 0 unspecified atom stereocenters. The minimum absolute atomic E-state index is 0.844. The van der Waals surface area contributed by atoms with Crippen molar-refractivity contribution in [3.63, 3.8) is 0 Å². The van der Waals surface area contributed by atoms with Crippen LogP contribution in [0.1, 0.15) is 16.7 Å². The van der Waals surface area contributed by atoms with E-state index >= 15 is 0 Å². The fourth-order valence-corrected chi connectivity index (χ4v) is 4.21. The molecular formula is C33H27NO. The molecule has 0 fully saturated rings. The molecule has 0 bridgehead atoms. The summed E-state index contributed by atoms with van der Waals surface area (Å²) in [6.45, 7) is 0. The molecule has 0 amide bonds. The fraction of sp³-hybridized carbons (Fsp3) is 0.0303. The molecule has 5 aromatic rings. The highest BCUT2D eigenvalue weighted by Gasteiger charge is 2.12. The Kier molecular flexibility index (Phi) is 6.72. The minimum Gasteiger partial charge on any atom is -0.497 e. The maximum Gasteiger partial charge on any atom is 0.119 e. The van der Waals surface area contributed by atoms with Gasteiger partial charge in [0.1, 0.15) is 5.75 Å². The Morgan fingerprint density at radius 3 is 1.43 bits per heavy atom. The Morgan fingerprint density at radius 1 is 0.514 bits per heavy atom. The minimum atomic E-state index is 0.844. The second kappa shape index (κ2) is 10.6. The monoisotopic (exact) mass is 453 g/mol. The third-order valence-electron chi connectivity index (χ3n) is 5.98. The Labute approximate surface area is 207 Å². The quantitative estimate of drug-likeness (QED) is 0.228. The number of para-hydroxylation sites is 1. The van der Waals surface area contributed by atoms with Crippen LogP contribution in [0.3, 0.4) is 0 Å². The van der Waals surface area contributed by atoms with E-state index in [2.05, 4.69) is 132 Å². The summed E-state index contributed by atoms with van der Waals surface area (Å²) in [5.74, 6) is 0.844. The van der Waals surface area contributed by atoms with Crippen LogP contribution in [0.25, 0.3) is 11.6 Å². The summed E-state index contributed by atoms with van der Waals surface area (Å²) in [6, 6.07) is 48.4. The lowest BCUT2D eigenvalue weighted by molar-refractivity contribution is 0.415. The van der Waals surface area contributed by atoms with Crippen molar-refractivity contribution in [1.82, 2.24) is 0 Å². The molecule has 170 valence electrons. The second-order valence-corrected chi connectivity index (χ2v) is 8.25. The van der Waals surface area contributed by atoms with E-state index in [-0.39, 0.29) is 0 Å². The third-order valence-corrected chi connectivity index (χ3v) is 5.98. The molecule has 0 saturated heterocycles. The Morgan fingerprint density at radius 2 is 0.943 bits per heavy atom. The van der Waals surface area contributed by atoms with Crippen molar-refractivity contribution in [2.75, 3.05) is 12.0 Å². The van der Waals surface area contributed by atoms with Gasteiger partial charge in [0.15, 0.2) is 0 Å². The summed E-state index contributed by atoms with van der Waals surface area (Å²) in [4.78, 5) is 2.25. The third kappa shape index (κ3) is 5.18. The molecule has 0 aliphatic rings. The van der Waals surface area contributed by atoms with Gasteiger partial charge in [0.05, 0.1) is 7.11 Å². The second-order valence-electron chi connectivity index (χ2n) is 8.25. The van der Waals surface area contributed by atoms with Crippen molar-refractivity contribution < 1.29 is 4.74 Å². The van der Waals surface area contributed by atoms with Crippen molar-refractivity contribution in [3.8, 4) is 5.75 Å². The summed E-state index contributed by atoms with van der Waals surface area (Å²) < 4.78 is 5.36. The largest absolute Gasteiger partial charge is 0.497 e. The van der Waals surface area contributed by atoms with Crippen LogP contribution in [-0.2, 0) is 0 Å². The first-order chi connectivity index (χ1) is 17.3. The molecule has 0 aromatic heterocycles. The SMILES string of the molecule is COc1ccc(N(c2ccccc2)c2ccc(C=C(c3ccccc3)c3ccccc3)cc2)cc1. The molecule has 2 nitrogen and oxygen atoms in total. The van der Waals surface area contributed by atoms with Gasteiger partial charge >= 0.3 is 0 Å². The van der Waals surface area contributed by atoms with Gasteiger partial charge in [0.25, 0.3) is 0 Å².